The number of ether oxygens (including phenoxy) is 1. The number of carbonyl (C=O) groups excluding carboxylic acids is 1. The lowest BCUT2D eigenvalue weighted by Gasteiger charge is -2.16. The molecule has 0 spiro atoms. The Morgan fingerprint density at radius 2 is 1.90 bits per heavy atom. The largest absolute Gasteiger partial charge is 0.483 e. The van der Waals surface area contributed by atoms with Gasteiger partial charge in [0.15, 0.2) is 6.61 Å². The zero-order chi connectivity index (χ0) is 15.2. The molecule has 0 fully saturated rings. The second-order valence-corrected chi connectivity index (χ2v) is 5.79. The molecule has 1 N–H and O–H groups in total. The summed E-state index contributed by atoms with van der Waals surface area (Å²) in [6.45, 7) is 1.84. The van der Waals surface area contributed by atoms with E-state index in [1.807, 2.05) is 43.3 Å². The van der Waals surface area contributed by atoms with Crippen LogP contribution in [0.15, 0.2) is 53.0 Å². The molecule has 1 unspecified atom stereocenters. The van der Waals surface area contributed by atoms with Crippen molar-refractivity contribution < 1.29 is 9.53 Å². The summed E-state index contributed by atoms with van der Waals surface area (Å²) in [7, 11) is 0. The molecule has 2 rings (SSSR count). The molecule has 0 saturated carbocycles. The Morgan fingerprint density at radius 3 is 2.62 bits per heavy atom. The van der Waals surface area contributed by atoms with Crippen LogP contribution in [0, 0.1) is 0 Å². The Morgan fingerprint density at radius 1 is 1.24 bits per heavy atom. The van der Waals surface area contributed by atoms with Gasteiger partial charge in [-0.1, -0.05) is 41.9 Å². The van der Waals surface area contributed by atoms with Gasteiger partial charge in [-0.25, -0.2) is 0 Å². The van der Waals surface area contributed by atoms with Crippen LogP contribution in [-0.4, -0.2) is 12.5 Å². The Labute approximate surface area is 137 Å². The average Bonchev–Trinajstić information content (AvgIpc) is 2.46. The summed E-state index contributed by atoms with van der Waals surface area (Å²) in [5, 5.41) is 3.50. The van der Waals surface area contributed by atoms with Gasteiger partial charge in [0.05, 0.1) is 10.5 Å². The lowest BCUT2D eigenvalue weighted by Crippen LogP contribution is -2.31. The van der Waals surface area contributed by atoms with Gasteiger partial charge < -0.3 is 10.1 Å². The van der Waals surface area contributed by atoms with E-state index in [9.17, 15) is 4.79 Å². The average molecular weight is 369 g/mol. The van der Waals surface area contributed by atoms with E-state index in [2.05, 4.69) is 21.2 Å². The van der Waals surface area contributed by atoms with Crippen molar-refractivity contribution in [3.63, 3.8) is 0 Å². The first-order chi connectivity index (χ1) is 10.1. The number of hydrogen-bond acceptors (Lipinski definition) is 2. The Balaban J connectivity index is 1.90. The molecule has 2 aromatic carbocycles. The molecule has 0 radical (unpaired) electrons. The molecule has 0 saturated heterocycles. The van der Waals surface area contributed by atoms with Crippen LogP contribution in [-0.2, 0) is 4.79 Å². The van der Waals surface area contributed by atoms with Crippen molar-refractivity contribution in [1.29, 1.82) is 0 Å². The van der Waals surface area contributed by atoms with Gasteiger partial charge in [0, 0.05) is 5.02 Å². The molecule has 0 aliphatic rings. The number of nitrogens with one attached hydrogen (secondary N) is 1. The predicted molar refractivity (Wildman–Crippen MR) is 87.6 cm³/mol. The molecule has 0 heterocycles. The van der Waals surface area contributed by atoms with E-state index in [4.69, 9.17) is 16.3 Å². The van der Waals surface area contributed by atoms with Crippen molar-refractivity contribution in [3.8, 4) is 5.75 Å². The molecule has 110 valence electrons. The maximum absolute atomic E-state index is 11.9. The summed E-state index contributed by atoms with van der Waals surface area (Å²) in [6.07, 6.45) is 0. The number of carbonyl (C=O) groups is 1. The smallest absolute Gasteiger partial charge is 0.258 e. The van der Waals surface area contributed by atoms with E-state index in [1.165, 1.54) is 0 Å². The van der Waals surface area contributed by atoms with Crippen LogP contribution in [0.3, 0.4) is 0 Å². The van der Waals surface area contributed by atoms with E-state index in [1.54, 1.807) is 12.1 Å². The summed E-state index contributed by atoms with van der Waals surface area (Å²) >= 11 is 9.48. The third-order valence-corrected chi connectivity index (χ3v) is 3.94. The van der Waals surface area contributed by atoms with Gasteiger partial charge in [-0.05, 0) is 46.6 Å². The standard InChI is InChI=1S/C16H15BrClNO2/c1-11(12-6-2-4-8-14(12)18)19-16(20)10-21-15-9-5-3-7-13(15)17/h2-9,11H,10H2,1H3,(H,19,20). The highest BCUT2D eigenvalue weighted by Gasteiger charge is 2.13. The molecule has 0 aliphatic carbocycles. The maximum atomic E-state index is 11.9. The van der Waals surface area contributed by atoms with Crippen molar-refractivity contribution in [2.45, 2.75) is 13.0 Å². The number of halogens is 2. The number of benzene rings is 2. The van der Waals surface area contributed by atoms with Gasteiger partial charge in [0.1, 0.15) is 5.75 Å². The minimum atomic E-state index is -0.196. The van der Waals surface area contributed by atoms with Crippen molar-refractivity contribution in [1.82, 2.24) is 5.32 Å². The summed E-state index contributed by atoms with van der Waals surface area (Å²) in [4.78, 5) is 11.9. The number of para-hydroxylation sites is 1. The Bertz CT molecular complexity index is 633. The lowest BCUT2D eigenvalue weighted by atomic mass is 10.1. The fraction of sp³-hybridized carbons (Fsp3) is 0.188. The first kappa shape index (κ1) is 15.9. The second-order valence-electron chi connectivity index (χ2n) is 4.53. The van der Waals surface area contributed by atoms with E-state index in [0.29, 0.717) is 10.8 Å². The third-order valence-electron chi connectivity index (χ3n) is 2.94. The molecule has 0 aliphatic heterocycles. The minimum absolute atomic E-state index is 0.0442. The normalized spacial score (nSPS) is 11.8. The van der Waals surface area contributed by atoms with Gasteiger partial charge in [-0.2, -0.15) is 0 Å². The minimum Gasteiger partial charge on any atom is -0.483 e. The number of rotatable bonds is 5. The number of amides is 1. The monoisotopic (exact) mass is 367 g/mol. The topological polar surface area (TPSA) is 38.3 Å². The molecule has 3 nitrogen and oxygen atoms in total. The van der Waals surface area contributed by atoms with Gasteiger partial charge in [-0.15, -0.1) is 0 Å². The molecule has 1 amide bonds. The third kappa shape index (κ3) is 4.48. The summed E-state index contributed by atoms with van der Waals surface area (Å²) in [5.74, 6) is 0.441. The summed E-state index contributed by atoms with van der Waals surface area (Å²) in [5.41, 5.74) is 0.883. The molecule has 21 heavy (non-hydrogen) atoms. The molecular formula is C16H15BrClNO2. The van der Waals surface area contributed by atoms with Crippen LogP contribution in [0.4, 0.5) is 0 Å². The van der Waals surface area contributed by atoms with E-state index < -0.39 is 0 Å². The SMILES string of the molecule is CC(NC(=O)COc1ccccc1Br)c1ccccc1Cl. The quantitative estimate of drug-likeness (QED) is 0.851. The van der Waals surface area contributed by atoms with Crippen LogP contribution in [0.1, 0.15) is 18.5 Å². The van der Waals surface area contributed by atoms with Crippen LogP contribution in [0.2, 0.25) is 5.02 Å². The van der Waals surface area contributed by atoms with E-state index in [-0.39, 0.29) is 18.6 Å². The molecule has 1 atom stereocenters. The number of hydrogen-bond donors (Lipinski definition) is 1. The van der Waals surface area contributed by atoms with E-state index >= 15 is 0 Å². The fourth-order valence-corrected chi connectivity index (χ4v) is 2.59. The van der Waals surface area contributed by atoms with Gasteiger partial charge >= 0.3 is 0 Å². The van der Waals surface area contributed by atoms with Crippen LogP contribution in [0.25, 0.3) is 0 Å². The summed E-state index contributed by atoms with van der Waals surface area (Å²) < 4.78 is 6.29. The Hall–Kier alpha value is -1.52. The van der Waals surface area contributed by atoms with Gasteiger partial charge in [-0.3, -0.25) is 4.79 Å². The second kappa shape index (κ2) is 7.48. The van der Waals surface area contributed by atoms with Crippen LogP contribution >= 0.6 is 27.5 Å². The first-order valence-electron chi connectivity index (χ1n) is 6.49. The fourth-order valence-electron chi connectivity index (χ4n) is 1.89. The predicted octanol–water partition coefficient (Wildman–Crippen LogP) is 4.36. The van der Waals surface area contributed by atoms with Gasteiger partial charge in [0.2, 0.25) is 0 Å². The highest BCUT2D eigenvalue weighted by Crippen LogP contribution is 2.24. The molecule has 0 bridgehead atoms. The molecular weight excluding hydrogens is 354 g/mol. The maximum Gasteiger partial charge on any atom is 0.258 e. The first-order valence-corrected chi connectivity index (χ1v) is 7.66. The van der Waals surface area contributed by atoms with Crippen LogP contribution in [0.5, 0.6) is 5.75 Å². The molecule has 0 aromatic heterocycles. The highest BCUT2D eigenvalue weighted by molar-refractivity contribution is 9.10. The lowest BCUT2D eigenvalue weighted by molar-refractivity contribution is -0.123. The highest BCUT2D eigenvalue weighted by atomic mass is 79.9. The zero-order valence-corrected chi connectivity index (χ0v) is 13.8. The zero-order valence-electron chi connectivity index (χ0n) is 11.5. The van der Waals surface area contributed by atoms with Crippen molar-refractivity contribution in [2.75, 3.05) is 6.61 Å². The van der Waals surface area contributed by atoms with Gasteiger partial charge in [0.25, 0.3) is 5.91 Å². The van der Waals surface area contributed by atoms with Crippen LogP contribution < -0.4 is 10.1 Å². The van der Waals surface area contributed by atoms with Crippen molar-refractivity contribution in [2.24, 2.45) is 0 Å². The van der Waals surface area contributed by atoms with Crippen molar-refractivity contribution >= 4 is 33.4 Å². The van der Waals surface area contributed by atoms with Crippen molar-refractivity contribution in [3.05, 3.63) is 63.6 Å². The Kier molecular flexibility index (Phi) is 5.65. The molecule has 5 heteroatoms. The summed E-state index contributed by atoms with van der Waals surface area (Å²) in [6, 6.07) is 14.7. The molecule has 2 aromatic rings. The van der Waals surface area contributed by atoms with E-state index in [0.717, 1.165) is 10.0 Å².